The second-order valence-corrected chi connectivity index (χ2v) is 8.89. The number of aromatic nitrogens is 3. The number of hydrogen-bond donors (Lipinski definition) is 1. The minimum atomic E-state index is -3.76. The normalized spacial score (nSPS) is 17.6. The number of nitrogens with one attached hydrogen (secondary N) is 1. The zero-order valence-corrected chi connectivity index (χ0v) is 17.1. The Morgan fingerprint density at radius 2 is 2.03 bits per heavy atom. The third-order valence-corrected chi connectivity index (χ3v) is 6.44. The molecule has 0 aromatic carbocycles. The van der Waals surface area contributed by atoms with Crippen molar-refractivity contribution in [1.29, 1.82) is 0 Å². The average molecular weight is 417 g/mol. The quantitative estimate of drug-likeness (QED) is 0.651. The summed E-state index contributed by atoms with van der Waals surface area (Å²) < 4.78 is 38.8. The Morgan fingerprint density at radius 3 is 2.76 bits per heavy atom. The van der Waals surface area contributed by atoms with Gasteiger partial charge in [0.15, 0.2) is 5.76 Å². The molecule has 0 radical (unpaired) electrons. The van der Waals surface area contributed by atoms with Crippen LogP contribution in [0.4, 0.5) is 5.95 Å². The van der Waals surface area contributed by atoms with Gasteiger partial charge in [0.25, 0.3) is 10.0 Å². The Balaban J connectivity index is 1.41. The van der Waals surface area contributed by atoms with E-state index in [2.05, 4.69) is 24.7 Å². The minimum absolute atomic E-state index is 0.139. The molecule has 0 aliphatic carbocycles. The molecule has 1 aliphatic rings. The van der Waals surface area contributed by atoms with E-state index in [9.17, 15) is 8.42 Å². The van der Waals surface area contributed by atoms with Crippen LogP contribution >= 0.6 is 0 Å². The van der Waals surface area contributed by atoms with Crippen molar-refractivity contribution >= 4 is 16.0 Å². The van der Waals surface area contributed by atoms with E-state index >= 15 is 0 Å². The van der Waals surface area contributed by atoms with Gasteiger partial charge in [-0.3, -0.25) is 0 Å². The fraction of sp³-hybridized carbons (Fsp3) is 0.421. The van der Waals surface area contributed by atoms with E-state index in [4.69, 9.17) is 8.94 Å². The van der Waals surface area contributed by atoms with Gasteiger partial charge in [-0.2, -0.15) is 0 Å². The molecule has 3 aromatic rings. The lowest BCUT2D eigenvalue weighted by Gasteiger charge is -2.32. The summed E-state index contributed by atoms with van der Waals surface area (Å²) >= 11 is 0. The molecule has 3 aromatic heterocycles. The molecule has 1 aliphatic heterocycles. The van der Waals surface area contributed by atoms with Gasteiger partial charge < -0.3 is 13.8 Å². The second-order valence-electron chi connectivity index (χ2n) is 7.20. The van der Waals surface area contributed by atoms with Crippen molar-refractivity contribution in [1.82, 2.24) is 19.8 Å². The predicted molar refractivity (Wildman–Crippen MR) is 106 cm³/mol. The van der Waals surface area contributed by atoms with E-state index in [1.807, 2.05) is 13.8 Å². The maximum Gasteiger partial charge on any atom is 0.273 e. The van der Waals surface area contributed by atoms with Crippen LogP contribution < -0.4 is 9.62 Å². The van der Waals surface area contributed by atoms with Crippen LogP contribution in [0.2, 0.25) is 0 Å². The van der Waals surface area contributed by atoms with Crippen molar-refractivity contribution in [3.63, 3.8) is 0 Å². The summed E-state index contributed by atoms with van der Waals surface area (Å²) in [5, 5.41) is 3.74. The van der Waals surface area contributed by atoms with Crippen molar-refractivity contribution in [3.05, 3.63) is 41.9 Å². The van der Waals surface area contributed by atoms with E-state index in [0.29, 0.717) is 30.6 Å². The number of anilines is 1. The molecule has 1 N–H and O–H groups in total. The maximum absolute atomic E-state index is 12.7. The lowest BCUT2D eigenvalue weighted by atomic mass is 9.99. The van der Waals surface area contributed by atoms with Crippen molar-refractivity contribution in [2.75, 3.05) is 24.5 Å². The molecule has 4 rings (SSSR count). The number of sulfonamides is 1. The van der Waals surface area contributed by atoms with E-state index < -0.39 is 10.0 Å². The smallest absolute Gasteiger partial charge is 0.273 e. The van der Waals surface area contributed by atoms with Gasteiger partial charge in [-0.15, -0.1) is 0 Å². The second kappa shape index (κ2) is 7.96. The number of furan rings is 1. The van der Waals surface area contributed by atoms with Gasteiger partial charge in [0.05, 0.1) is 5.69 Å². The lowest BCUT2D eigenvalue weighted by Crippen LogP contribution is -2.41. The van der Waals surface area contributed by atoms with Crippen molar-refractivity contribution in [2.45, 2.75) is 31.8 Å². The number of rotatable bonds is 6. The Hall–Kier alpha value is -2.72. The summed E-state index contributed by atoms with van der Waals surface area (Å²) in [5.41, 5.74) is 1.56. The lowest BCUT2D eigenvalue weighted by molar-refractivity contribution is 0.391. The van der Waals surface area contributed by atoms with Gasteiger partial charge >= 0.3 is 0 Å². The van der Waals surface area contributed by atoms with Crippen molar-refractivity contribution in [3.8, 4) is 11.5 Å². The van der Waals surface area contributed by atoms with Gasteiger partial charge in [-0.05, 0) is 50.8 Å². The summed E-state index contributed by atoms with van der Waals surface area (Å²) in [6, 6.07) is 4.79. The first-order valence-electron chi connectivity index (χ1n) is 9.49. The zero-order valence-electron chi connectivity index (χ0n) is 16.3. The molecule has 1 fully saturated rings. The van der Waals surface area contributed by atoms with E-state index in [0.717, 1.165) is 30.6 Å². The molecule has 10 heteroatoms. The van der Waals surface area contributed by atoms with Crippen molar-refractivity contribution < 1.29 is 17.4 Å². The molecule has 0 saturated carbocycles. The fourth-order valence-electron chi connectivity index (χ4n) is 3.40. The highest BCUT2D eigenvalue weighted by Crippen LogP contribution is 2.29. The average Bonchev–Trinajstić information content (AvgIpc) is 3.35. The molecule has 1 saturated heterocycles. The van der Waals surface area contributed by atoms with Crippen LogP contribution in [0.15, 0.2) is 44.6 Å². The van der Waals surface area contributed by atoms with Gasteiger partial charge in [0, 0.05) is 37.6 Å². The van der Waals surface area contributed by atoms with Crippen LogP contribution in [0.25, 0.3) is 11.5 Å². The highest BCUT2D eigenvalue weighted by molar-refractivity contribution is 7.89. The molecule has 1 atom stereocenters. The highest BCUT2D eigenvalue weighted by Gasteiger charge is 2.26. The molecule has 1 unspecified atom stereocenters. The van der Waals surface area contributed by atoms with Crippen LogP contribution in [0.5, 0.6) is 0 Å². The first-order chi connectivity index (χ1) is 13.9. The first-order valence-corrected chi connectivity index (χ1v) is 11.0. The Kier molecular flexibility index (Phi) is 5.37. The van der Waals surface area contributed by atoms with Gasteiger partial charge in [-0.1, -0.05) is 5.16 Å². The van der Waals surface area contributed by atoms with Gasteiger partial charge in [0.2, 0.25) is 16.8 Å². The molecule has 29 heavy (non-hydrogen) atoms. The summed E-state index contributed by atoms with van der Waals surface area (Å²) in [6.45, 7) is 5.55. The molecule has 9 nitrogen and oxygen atoms in total. The maximum atomic E-state index is 12.7. The molecular weight excluding hydrogens is 394 g/mol. The molecular formula is C19H23N5O4S. The number of nitrogens with zero attached hydrogens (tertiary/aromatic N) is 4. The topological polar surface area (TPSA) is 114 Å². The Morgan fingerprint density at radius 1 is 1.24 bits per heavy atom. The standard InChI is InChI=1S/C19H23N5O4S/c1-13-14(2)23-28-18(13)16-6-7-17(27-16)29(25,26)22-11-15-5-3-10-24(12-15)19-20-8-4-9-21-19/h4,6-9,15,22H,3,5,10-12H2,1-2H3. The molecule has 0 bridgehead atoms. The largest absolute Gasteiger partial charge is 0.440 e. The van der Waals surface area contributed by atoms with E-state index in [1.54, 1.807) is 24.5 Å². The van der Waals surface area contributed by atoms with Crippen LogP contribution in [0.3, 0.4) is 0 Å². The van der Waals surface area contributed by atoms with Crippen LogP contribution in [-0.2, 0) is 10.0 Å². The number of aryl methyl sites for hydroxylation is 1. The summed E-state index contributed by atoms with van der Waals surface area (Å²) in [6.07, 6.45) is 5.31. The first kappa shape index (κ1) is 19.6. The van der Waals surface area contributed by atoms with Crippen LogP contribution in [-0.4, -0.2) is 43.2 Å². The zero-order chi connectivity index (χ0) is 20.4. The highest BCUT2D eigenvalue weighted by atomic mass is 32.2. The predicted octanol–water partition coefficient (Wildman–Crippen LogP) is 2.54. The fourth-order valence-corrected chi connectivity index (χ4v) is 4.44. The van der Waals surface area contributed by atoms with E-state index in [-0.39, 0.29) is 11.0 Å². The summed E-state index contributed by atoms with van der Waals surface area (Å²) in [4.78, 5) is 10.6. The number of hydrogen-bond acceptors (Lipinski definition) is 8. The Labute approximate surface area is 169 Å². The molecule has 0 spiro atoms. The van der Waals surface area contributed by atoms with Gasteiger partial charge in [-0.25, -0.2) is 23.1 Å². The third-order valence-electron chi connectivity index (χ3n) is 5.14. The van der Waals surface area contributed by atoms with Crippen LogP contribution in [0.1, 0.15) is 24.1 Å². The van der Waals surface area contributed by atoms with Gasteiger partial charge in [0.1, 0.15) is 0 Å². The van der Waals surface area contributed by atoms with Crippen molar-refractivity contribution in [2.24, 2.45) is 5.92 Å². The summed E-state index contributed by atoms with van der Waals surface area (Å²) in [5.74, 6) is 1.62. The Bertz CT molecular complexity index is 1080. The molecule has 154 valence electrons. The van der Waals surface area contributed by atoms with E-state index in [1.165, 1.54) is 6.07 Å². The summed E-state index contributed by atoms with van der Waals surface area (Å²) in [7, 11) is -3.76. The minimum Gasteiger partial charge on any atom is -0.440 e. The molecule has 0 amide bonds. The SMILES string of the molecule is Cc1noc(-c2ccc(S(=O)(=O)NCC3CCCN(c4ncccn4)C3)o2)c1C. The van der Waals surface area contributed by atoms with Crippen LogP contribution in [0, 0.1) is 19.8 Å². The number of piperidine rings is 1. The third kappa shape index (κ3) is 4.18. The molecule has 4 heterocycles. The monoisotopic (exact) mass is 417 g/mol.